The molecule has 0 N–H and O–H groups in total. The van der Waals surface area contributed by atoms with Gasteiger partial charge in [0.1, 0.15) is 0 Å². The second-order valence-electron chi connectivity index (χ2n) is 17.5. The molecule has 0 amide bonds. The number of hydrogen-bond acceptors (Lipinski definition) is 2. The minimum Gasteiger partial charge on any atom is -0.334 e. The summed E-state index contributed by atoms with van der Waals surface area (Å²) in [7, 11) is 0. The van der Waals surface area contributed by atoms with Gasteiger partial charge in [-0.2, -0.15) is 0 Å². The molecule has 10 rings (SSSR count). The van der Waals surface area contributed by atoms with E-state index in [1.807, 2.05) is 6.20 Å². The largest absolute Gasteiger partial charge is 0.334 e. The van der Waals surface area contributed by atoms with Crippen LogP contribution in [0.4, 0.5) is 11.4 Å². The number of benzene rings is 5. The van der Waals surface area contributed by atoms with Gasteiger partial charge in [0.2, 0.25) is 0 Å². The molecule has 5 aromatic carbocycles. The number of allylic oxidation sites excluding steroid dienone is 11. The summed E-state index contributed by atoms with van der Waals surface area (Å²) in [6, 6.07) is 49.3. The van der Waals surface area contributed by atoms with E-state index in [-0.39, 0.29) is 22.8 Å². The molecule has 4 atom stereocenters. The third-order valence-electron chi connectivity index (χ3n) is 14.5. The van der Waals surface area contributed by atoms with Gasteiger partial charge in [-0.3, -0.25) is 4.98 Å². The van der Waals surface area contributed by atoms with E-state index in [1.54, 1.807) is 0 Å². The smallest absolute Gasteiger partial charge is 0.0560 e. The number of hydrogen-bond donors (Lipinski definition) is 0. The van der Waals surface area contributed by atoms with Gasteiger partial charge in [0, 0.05) is 45.6 Å². The summed E-state index contributed by atoms with van der Waals surface area (Å²) < 4.78 is 0. The molecular weight excluding hydrogens is 737 g/mol. The predicted molar refractivity (Wildman–Crippen MR) is 259 cm³/mol. The highest BCUT2D eigenvalue weighted by Crippen LogP contribution is 2.65. The second kappa shape index (κ2) is 16.2. The van der Waals surface area contributed by atoms with E-state index in [4.69, 9.17) is 4.98 Å². The molecule has 2 nitrogen and oxygen atoms in total. The molecule has 0 radical (unpaired) electrons. The molecule has 0 aliphatic heterocycles. The Morgan fingerprint density at radius 1 is 0.721 bits per heavy atom. The maximum atomic E-state index is 5.04. The van der Waals surface area contributed by atoms with Crippen LogP contribution in [-0.4, -0.2) is 11.0 Å². The topological polar surface area (TPSA) is 16.1 Å². The van der Waals surface area contributed by atoms with Gasteiger partial charge in [0.15, 0.2) is 0 Å². The Balaban J connectivity index is 0.949. The van der Waals surface area contributed by atoms with E-state index < -0.39 is 0 Å². The summed E-state index contributed by atoms with van der Waals surface area (Å²) in [5, 5.41) is 2.46. The van der Waals surface area contributed by atoms with Gasteiger partial charge in [0.05, 0.1) is 11.7 Å². The molecule has 0 spiro atoms. The van der Waals surface area contributed by atoms with Crippen molar-refractivity contribution in [3.63, 3.8) is 0 Å². The molecule has 3 unspecified atom stereocenters. The highest BCUT2D eigenvalue weighted by molar-refractivity contribution is 5.90. The average Bonchev–Trinajstić information content (AvgIpc) is 3.54. The maximum absolute atomic E-state index is 5.04. The zero-order valence-electron chi connectivity index (χ0n) is 35.6. The molecule has 300 valence electrons. The van der Waals surface area contributed by atoms with Crippen LogP contribution in [0.5, 0.6) is 0 Å². The normalized spacial score (nSPS) is 22.4. The molecule has 2 heteroatoms. The van der Waals surface area contributed by atoms with Crippen LogP contribution in [0.25, 0.3) is 28.0 Å². The summed E-state index contributed by atoms with van der Waals surface area (Å²) in [5.74, 6) is 0.477. The van der Waals surface area contributed by atoms with Gasteiger partial charge in [-0.05, 0) is 106 Å². The van der Waals surface area contributed by atoms with E-state index in [2.05, 4.69) is 226 Å². The molecule has 4 aliphatic carbocycles. The summed E-state index contributed by atoms with van der Waals surface area (Å²) in [4.78, 5) is 7.58. The van der Waals surface area contributed by atoms with Crippen LogP contribution in [0.3, 0.4) is 0 Å². The van der Waals surface area contributed by atoms with Crippen molar-refractivity contribution < 1.29 is 0 Å². The number of fused-ring (bicyclic) bond motifs is 4. The molecule has 1 aromatic heterocycles. The van der Waals surface area contributed by atoms with Crippen molar-refractivity contribution in [2.45, 2.75) is 69.7 Å². The van der Waals surface area contributed by atoms with Crippen molar-refractivity contribution in [2.24, 2.45) is 5.41 Å². The van der Waals surface area contributed by atoms with E-state index in [9.17, 15) is 0 Å². The van der Waals surface area contributed by atoms with Crippen LogP contribution in [0.2, 0.25) is 0 Å². The molecule has 0 bridgehead atoms. The average molecular weight is 791 g/mol. The Morgan fingerprint density at radius 2 is 1.49 bits per heavy atom. The first-order valence-electron chi connectivity index (χ1n) is 22.3. The summed E-state index contributed by atoms with van der Waals surface area (Å²) in [6.07, 6.45) is 31.8. The second-order valence-corrected chi connectivity index (χ2v) is 17.5. The molecule has 61 heavy (non-hydrogen) atoms. The Labute approximate surface area is 362 Å². The minimum absolute atomic E-state index is 0.0111. The molecule has 1 heterocycles. The van der Waals surface area contributed by atoms with Crippen LogP contribution < -0.4 is 4.90 Å². The van der Waals surface area contributed by atoms with Crippen molar-refractivity contribution in [1.82, 2.24) is 4.98 Å². The molecule has 0 saturated heterocycles. The van der Waals surface area contributed by atoms with Gasteiger partial charge < -0.3 is 4.90 Å². The molecule has 0 saturated carbocycles. The SMILES string of the molecule is CCC1(CC)c2cc(N(c3ccccc3)C3C=CC=CC3)ccc2C2C=CC(/C=C/c3ccc(C4=CC=C(c5ccccc5)CC4c4nccc5ccccc45)cc3)=C[C@]21C. The maximum Gasteiger partial charge on any atom is 0.0560 e. The van der Waals surface area contributed by atoms with E-state index in [0.29, 0.717) is 5.92 Å². The van der Waals surface area contributed by atoms with Crippen molar-refractivity contribution in [2.75, 3.05) is 4.90 Å². The van der Waals surface area contributed by atoms with Gasteiger partial charge >= 0.3 is 0 Å². The third kappa shape index (κ3) is 6.79. The first kappa shape index (κ1) is 38.7. The van der Waals surface area contributed by atoms with Crippen molar-refractivity contribution >= 4 is 39.4 Å². The first-order valence-corrected chi connectivity index (χ1v) is 22.3. The molecule has 0 fully saturated rings. The van der Waals surface area contributed by atoms with Crippen molar-refractivity contribution in [3.05, 3.63) is 240 Å². The van der Waals surface area contributed by atoms with E-state index in [0.717, 1.165) is 31.4 Å². The Morgan fingerprint density at radius 3 is 2.26 bits per heavy atom. The van der Waals surface area contributed by atoms with Gasteiger partial charge in [-0.25, -0.2) is 0 Å². The van der Waals surface area contributed by atoms with Crippen LogP contribution in [0.15, 0.2) is 206 Å². The van der Waals surface area contributed by atoms with Crippen LogP contribution in [0, 0.1) is 5.41 Å². The number of nitrogens with zero attached hydrogens (tertiary/aromatic N) is 2. The Bertz CT molecular complexity index is 2790. The van der Waals surface area contributed by atoms with Crippen LogP contribution in [0.1, 0.15) is 91.8 Å². The highest BCUT2D eigenvalue weighted by atomic mass is 15.2. The van der Waals surface area contributed by atoms with Crippen molar-refractivity contribution in [1.29, 1.82) is 0 Å². The molecule has 4 aliphatic rings. The summed E-state index contributed by atoms with van der Waals surface area (Å²) in [6.45, 7) is 7.33. The van der Waals surface area contributed by atoms with Crippen molar-refractivity contribution in [3.8, 4) is 0 Å². The number of para-hydroxylation sites is 1. The minimum atomic E-state index is -0.0506. The van der Waals surface area contributed by atoms with Gasteiger partial charge in [-0.1, -0.05) is 191 Å². The Kier molecular flexibility index (Phi) is 10.2. The number of rotatable bonds is 10. The number of anilines is 2. The summed E-state index contributed by atoms with van der Waals surface area (Å²) >= 11 is 0. The van der Waals surface area contributed by atoms with Crippen LogP contribution >= 0.6 is 0 Å². The number of aromatic nitrogens is 1. The fourth-order valence-electron chi connectivity index (χ4n) is 11.3. The lowest BCUT2D eigenvalue weighted by Crippen LogP contribution is -2.41. The zero-order chi connectivity index (χ0) is 41.4. The lowest BCUT2D eigenvalue weighted by molar-refractivity contribution is 0.186. The van der Waals surface area contributed by atoms with Gasteiger partial charge in [-0.15, -0.1) is 0 Å². The highest BCUT2D eigenvalue weighted by Gasteiger charge is 2.57. The quantitative estimate of drug-likeness (QED) is 0.137. The standard InChI is InChI=1S/C59H54N2/c1-4-59(5-2)56-40-50(61(48-20-11-7-12-21-48)49-22-13-8-14-23-49)33-35-53(56)55-36-29-43(41-58(55,59)3)26-25-42-27-30-46(31-28-42)51-34-32-47(44-17-9-6-10-18-44)39-54(51)57-52-24-16-15-19-45(52)37-38-60-57/h6-22,24-38,40-41,49,54-55H,4-5,23,39H2,1-3H3/b26-25+/t49?,54?,55?,58-/m1/s1. The summed E-state index contributed by atoms with van der Waals surface area (Å²) in [5.41, 5.74) is 14.3. The third-order valence-corrected chi connectivity index (χ3v) is 14.5. The zero-order valence-corrected chi connectivity index (χ0v) is 35.6. The fourth-order valence-corrected chi connectivity index (χ4v) is 11.3. The monoisotopic (exact) mass is 790 g/mol. The predicted octanol–water partition coefficient (Wildman–Crippen LogP) is 15.3. The Hall–Kier alpha value is -6.51. The molecular formula is C59H54N2. The lowest BCUT2D eigenvalue weighted by Gasteiger charge is -2.46. The van der Waals surface area contributed by atoms with E-state index >= 15 is 0 Å². The lowest BCUT2D eigenvalue weighted by atomic mass is 9.57. The number of pyridine rings is 1. The van der Waals surface area contributed by atoms with Gasteiger partial charge in [0.25, 0.3) is 0 Å². The first-order chi connectivity index (χ1) is 30.0. The van der Waals surface area contributed by atoms with Crippen LogP contribution in [-0.2, 0) is 5.41 Å². The van der Waals surface area contributed by atoms with E-state index in [1.165, 1.54) is 66.7 Å². The molecule has 6 aromatic rings. The fraction of sp³-hybridized carbons (Fsp3) is 0.203.